The van der Waals surface area contributed by atoms with Crippen molar-refractivity contribution in [3.8, 4) is 0 Å². The number of nitrogens with zero attached hydrogens (tertiary/aromatic N) is 2. The van der Waals surface area contributed by atoms with Gasteiger partial charge in [0.15, 0.2) is 0 Å². The van der Waals surface area contributed by atoms with E-state index in [9.17, 15) is 18.5 Å². The number of hydrogen-bond donors (Lipinski definition) is 1. The average molecular weight is 353 g/mol. The first kappa shape index (κ1) is 17.2. The van der Waals surface area contributed by atoms with Gasteiger partial charge in [0.25, 0.3) is 5.69 Å². The largest absolute Gasteiger partial charge is 0.366 e. The van der Waals surface area contributed by atoms with Crippen LogP contribution in [-0.4, -0.2) is 33.5 Å². The smallest absolute Gasteiger partial charge is 0.293 e. The maximum Gasteiger partial charge on any atom is 0.293 e. The van der Waals surface area contributed by atoms with Crippen LogP contribution in [0.5, 0.6) is 0 Å². The molecule has 24 heavy (non-hydrogen) atoms. The maximum atomic E-state index is 11.9. The number of rotatable bonds is 4. The second kappa shape index (κ2) is 6.68. The quantitative estimate of drug-likeness (QED) is 0.663. The summed E-state index contributed by atoms with van der Waals surface area (Å²) < 4.78 is 26.0. The normalized spacial score (nSPS) is 24.5. The second-order valence-electron chi connectivity index (χ2n) is 6.65. The van der Waals surface area contributed by atoms with E-state index in [1.54, 1.807) is 6.07 Å². The Morgan fingerprint density at radius 1 is 1.21 bits per heavy atom. The number of sulfonamides is 1. The zero-order chi connectivity index (χ0) is 17.3. The summed E-state index contributed by atoms with van der Waals surface area (Å²) in [5, 5.41) is 11.5. The lowest BCUT2D eigenvalue weighted by Gasteiger charge is -2.42. The van der Waals surface area contributed by atoms with Gasteiger partial charge in [0.1, 0.15) is 5.69 Å². The van der Waals surface area contributed by atoms with Crippen molar-refractivity contribution in [3.63, 3.8) is 0 Å². The molecule has 0 unspecified atom stereocenters. The van der Waals surface area contributed by atoms with Crippen LogP contribution < -0.4 is 9.62 Å². The van der Waals surface area contributed by atoms with Gasteiger partial charge in [0.2, 0.25) is 10.0 Å². The first-order valence-corrected chi connectivity index (χ1v) is 9.87. The van der Waals surface area contributed by atoms with Crippen LogP contribution >= 0.6 is 0 Å². The van der Waals surface area contributed by atoms with Crippen molar-refractivity contribution in [3.05, 3.63) is 28.3 Å². The third-order valence-electron chi connectivity index (χ3n) is 5.35. The Morgan fingerprint density at radius 3 is 2.58 bits per heavy atom. The van der Waals surface area contributed by atoms with Crippen LogP contribution in [0.15, 0.2) is 23.1 Å². The Balaban J connectivity index is 1.91. The number of nitro groups is 1. The fourth-order valence-corrected chi connectivity index (χ4v) is 4.77. The summed E-state index contributed by atoms with van der Waals surface area (Å²) in [7, 11) is -2.40. The Labute approximate surface area is 142 Å². The molecule has 1 saturated carbocycles. The van der Waals surface area contributed by atoms with Crippen molar-refractivity contribution in [1.29, 1.82) is 0 Å². The van der Waals surface area contributed by atoms with Crippen LogP contribution in [0.1, 0.15) is 32.1 Å². The van der Waals surface area contributed by atoms with Crippen LogP contribution in [-0.2, 0) is 10.0 Å². The van der Waals surface area contributed by atoms with Gasteiger partial charge in [-0.3, -0.25) is 10.1 Å². The van der Waals surface area contributed by atoms with E-state index in [-0.39, 0.29) is 10.6 Å². The van der Waals surface area contributed by atoms with Gasteiger partial charge in [-0.2, -0.15) is 0 Å². The molecule has 1 N–H and O–H groups in total. The second-order valence-corrected chi connectivity index (χ2v) is 8.54. The molecule has 0 radical (unpaired) electrons. The number of anilines is 1. The molecule has 8 heteroatoms. The summed E-state index contributed by atoms with van der Waals surface area (Å²) in [5.74, 6) is 1.32. The molecule has 0 amide bonds. The number of nitro benzene ring substituents is 1. The van der Waals surface area contributed by atoms with E-state index in [0.717, 1.165) is 31.5 Å². The van der Waals surface area contributed by atoms with E-state index in [0.29, 0.717) is 11.6 Å². The van der Waals surface area contributed by atoms with Crippen molar-refractivity contribution in [2.75, 3.05) is 25.0 Å². The first-order chi connectivity index (χ1) is 11.4. The Morgan fingerprint density at radius 2 is 1.92 bits per heavy atom. The zero-order valence-electron chi connectivity index (χ0n) is 13.8. The number of hydrogen-bond acceptors (Lipinski definition) is 5. The summed E-state index contributed by atoms with van der Waals surface area (Å²) >= 11 is 0. The predicted octanol–water partition coefficient (Wildman–Crippen LogP) is 2.52. The highest BCUT2D eigenvalue weighted by molar-refractivity contribution is 7.89. The molecule has 0 spiro atoms. The standard InChI is InChI=1S/C16H23N3O4S/c1-17-24(22,23)14-6-7-15(16(10-14)19(20)21)18-9-8-12-4-2-3-5-13(12)11-18/h6-7,10,12-13,17H,2-5,8-9,11H2,1H3/t12-,13-/m1/s1. The number of fused-ring (bicyclic) bond motifs is 1. The fraction of sp³-hybridized carbons (Fsp3) is 0.625. The summed E-state index contributed by atoms with van der Waals surface area (Å²) in [6, 6.07) is 4.18. The molecular weight excluding hydrogens is 330 g/mol. The van der Waals surface area contributed by atoms with Crippen LogP contribution in [0.3, 0.4) is 0 Å². The molecule has 1 saturated heterocycles. The lowest BCUT2D eigenvalue weighted by atomic mass is 9.75. The van der Waals surface area contributed by atoms with Gasteiger partial charge in [0, 0.05) is 19.2 Å². The van der Waals surface area contributed by atoms with E-state index in [1.165, 1.54) is 38.8 Å². The van der Waals surface area contributed by atoms with Crippen molar-refractivity contribution in [2.45, 2.75) is 37.0 Å². The van der Waals surface area contributed by atoms with Crippen molar-refractivity contribution >= 4 is 21.4 Å². The fourth-order valence-electron chi connectivity index (χ4n) is 4.02. The van der Waals surface area contributed by atoms with Gasteiger partial charge in [0.05, 0.1) is 9.82 Å². The highest BCUT2D eigenvalue weighted by Gasteiger charge is 2.33. The molecule has 2 aliphatic rings. The minimum absolute atomic E-state index is 0.0759. The molecule has 1 heterocycles. The average Bonchev–Trinajstić information content (AvgIpc) is 2.60. The SMILES string of the molecule is CNS(=O)(=O)c1ccc(N2CC[C@H]3CCCC[C@@H]3C2)c([N+](=O)[O-])c1. The van der Waals surface area contributed by atoms with Gasteiger partial charge in [-0.1, -0.05) is 19.3 Å². The molecule has 7 nitrogen and oxygen atoms in total. The summed E-state index contributed by atoms with van der Waals surface area (Å²) in [5.41, 5.74) is 0.389. The monoisotopic (exact) mass is 353 g/mol. The molecule has 0 bridgehead atoms. The molecule has 2 atom stereocenters. The summed E-state index contributed by atoms with van der Waals surface area (Å²) in [6.07, 6.45) is 6.02. The third kappa shape index (κ3) is 3.25. The van der Waals surface area contributed by atoms with Gasteiger partial charge in [-0.05, 0) is 43.9 Å². The Hall–Kier alpha value is -1.67. The number of nitrogens with one attached hydrogen (secondary N) is 1. The first-order valence-electron chi connectivity index (χ1n) is 8.39. The molecule has 1 aromatic carbocycles. The highest BCUT2D eigenvalue weighted by atomic mass is 32.2. The molecule has 1 aliphatic carbocycles. The molecule has 2 fully saturated rings. The number of benzene rings is 1. The molecular formula is C16H23N3O4S. The minimum Gasteiger partial charge on any atom is -0.366 e. The van der Waals surface area contributed by atoms with E-state index < -0.39 is 14.9 Å². The lowest BCUT2D eigenvalue weighted by Crippen LogP contribution is -2.42. The van der Waals surface area contributed by atoms with Gasteiger partial charge >= 0.3 is 0 Å². The van der Waals surface area contributed by atoms with E-state index in [1.807, 2.05) is 0 Å². The number of piperidine rings is 1. The highest BCUT2D eigenvalue weighted by Crippen LogP contribution is 2.40. The molecule has 1 aliphatic heterocycles. The van der Waals surface area contributed by atoms with Crippen molar-refractivity contribution in [1.82, 2.24) is 4.72 Å². The van der Waals surface area contributed by atoms with E-state index >= 15 is 0 Å². The third-order valence-corrected chi connectivity index (χ3v) is 6.77. The van der Waals surface area contributed by atoms with Crippen LogP contribution in [0.4, 0.5) is 11.4 Å². The van der Waals surface area contributed by atoms with Crippen molar-refractivity contribution in [2.24, 2.45) is 11.8 Å². The van der Waals surface area contributed by atoms with E-state index in [4.69, 9.17) is 0 Å². The van der Waals surface area contributed by atoms with E-state index in [2.05, 4.69) is 9.62 Å². The van der Waals surface area contributed by atoms with Crippen molar-refractivity contribution < 1.29 is 13.3 Å². The minimum atomic E-state index is -3.69. The topological polar surface area (TPSA) is 92.6 Å². The summed E-state index contributed by atoms with van der Waals surface area (Å²) in [4.78, 5) is 13.0. The van der Waals surface area contributed by atoms with Gasteiger partial charge < -0.3 is 4.90 Å². The molecule has 3 rings (SSSR count). The van der Waals surface area contributed by atoms with Crippen LogP contribution in [0.25, 0.3) is 0 Å². The maximum absolute atomic E-state index is 11.9. The summed E-state index contributed by atoms with van der Waals surface area (Å²) in [6.45, 7) is 1.61. The van der Waals surface area contributed by atoms with Crippen LogP contribution in [0.2, 0.25) is 0 Å². The molecule has 1 aromatic rings. The Bertz CT molecular complexity index is 735. The van der Waals surface area contributed by atoms with Crippen LogP contribution in [0, 0.1) is 22.0 Å². The van der Waals surface area contributed by atoms with Gasteiger partial charge in [-0.15, -0.1) is 0 Å². The molecule has 0 aromatic heterocycles. The predicted molar refractivity (Wildman–Crippen MR) is 91.6 cm³/mol. The Kier molecular flexibility index (Phi) is 4.78. The molecule has 132 valence electrons. The lowest BCUT2D eigenvalue weighted by molar-refractivity contribution is -0.384. The van der Waals surface area contributed by atoms with Gasteiger partial charge in [-0.25, -0.2) is 13.1 Å². The zero-order valence-corrected chi connectivity index (χ0v) is 14.6.